The van der Waals surface area contributed by atoms with Gasteiger partial charge in [-0.3, -0.25) is 4.99 Å². The van der Waals surface area contributed by atoms with Gasteiger partial charge < -0.3 is 10.3 Å². The quantitative estimate of drug-likeness (QED) is 0.146. The second-order valence-electron chi connectivity index (χ2n) is 13.0. The molecule has 0 radical (unpaired) electrons. The van der Waals surface area contributed by atoms with Gasteiger partial charge in [0.15, 0.2) is 0 Å². The van der Waals surface area contributed by atoms with Crippen LogP contribution in [0, 0.1) is 11.3 Å². The van der Waals surface area contributed by atoms with E-state index in [0.29, 0.717) is 17.8 Å². The zero-order valence-corrected chi connectivity index (χ0v) is 28.9. The summed E-state index contributed by atoms with van der Waals surface area (Å²) in [6, 6.07) is 58.8. The summed E-state index contributed by atoms with van der Waals surface area (Å²) in [6.07, 6.45) is 0. The van der Waals surface area contributed by atoms with E-state index in [2.05, 4.69) is 152 Å². The van der Waals surface area contributed by atoms with Gasteiger partial charge in [0.1, 0.15) is 0 Å². The SMILES string of the molecule is C=C(N)c1cccc(-n2c3ccccc3c3ccccc32)c1.CC(=NCc1cccc(C#N)c1)c1ccc2c3ccccc3c3ccccc3c2c1. The van der Waals surface area contributed by atoms with E-state index in [1.54, 1.807) is 0 Å². The highest BCUT2D eigenvalue weighted by atomic mass is 15.0. The fourth-order valence-electron chi connectivity index (χ4n) is 7.22. The third kappa shape index (κ3) is 5.95. The summed E-state index contributed by atoms with van der Waals surface area (Å²) in [7, 11) is 0. The number of hydrogen-bond acceptors (Lipinski definition) is 3. The lowest BCUT2D eigenvalue weighted by Gasteiger charge is -2.12. The first-order valence-corrected chi connectivity index (χ1v) is 17.4. The van der Waals surface area contributed by atoms with Crippen LogP contribution < -0.4 is 5.73 Å². The number of nitrogens with zero attached hydrogens (tertiary/aromatic N) is 3. The molecular formula is C48H36N4. The second-order valence-corrected chi connectivity index (χ2v) is 13.0. The maximum atomic E-state index is 9.09. The molecule has 0 saturated heterocycles. The Hall–Kier alpha value is -6.96. The van der Waals surface area contributed by atoms with E-state index in [0.717, 1.165) is 28.1 Å². The zero-order valence-electron chi connectivity index (χ0n) is 28.9. The molecule has 0 bridgehead atoms. The molecule has 0 saturated carbocycles. The van der Waals surface area contributed by atoms with Gasteiger partial charge >= 0.3 is 0 Å². The molecule has 0 unspecified atom stereocenters. The van der Waals surface area contributed by atoms with Crippen LogP contribution in [0.2, 0.25) is 0 Å². The Bertz CT molecular complexity index is 2800. The third-order valence-electron chi connectivity index (χ3n) is 9.77. The van der Waals surface area contributed by atoms with Gasteiger partial charge in [0.25, 0.3) is 0 Å². The lowest BCUT2D eigenvalue weighted by Crippen LogP contribution is -1.98. The van der Waals surface area contributed by atoms with E-state index >= 15 is 0 Å². The Balaban J connectivity index is 0.000000156. The molecule has 0 spiro atoms. The second kappa shape index (κ2) is 13.7. The van der Waals surface area contributed by atoms with Crippen molar-refractivity contribution in [3.8, 4) is 11.8 Å². The van der Waals surface area contributed by atoms with Crippen molar-refractivity contribution in [2.24, 2.45) is 10.7 Å². The van der Waals surface area contributed by atoms with Gasteiger partial charge in [-0.05, 0) is 98.4 Å². The molecule has 0 fully saturated rings. The van der Waals surface area contributed by atoms with Crippen LogP contribution in [-0.4, -0.2) is 10.3 Å². The molecule has 0 amide bonds. The van der Waals surface area contributed by atoms with Crippen molar-refractivity contribution in [2.75, 3.05) is 0 Å². The smallest absolute Gasteiger partial charge is 0.0991 e. The summed E-state index contributed by atoms with van der Waals surface area (Å²) >= 11 is 0. The number of para-hydroxylation sites is 2. The maximum absolute atomic E-state index is 9.09. The Labute approximate surface area is 303 Å². The summed E-state index contributed by atoms with van der Waals surface area (Å²) in [5, 5.41) is 19.2. The summed E-state index contributed by atoms with van der Waals surface area (Å²) in [5.41, 5.74) is 14.7. The fourth-order valence-corrected chi connectivity index (χ4v) is 7.22. The van der Waals surface area contributed by atoms with E-state index in [4.69, 9.17) is 16.0 Å². The number of aliphatic imine (C=N–C) groups is 1. The first-order chi connectivity index (χ1) is 25.5. The average molecular weight is 669 g/mol. The molecule has 0 atom stereocenters. The van der Waals surface area contributed by atoms with E-state index in [1.165, 1.54) is 54.1 Å². The number of nitriles is 1. The molecule has 9 aromatic rings. The van der Waals surface area contributed by atoms with Crippen molar-refractivity contribution < 1.29 is 0 Å². The molecule has 0 aliphatic rings. The molecule has 1 heterocycles. The summed E-state index contributed by atoms with van der Waals surface area (Å²) in [4.78, 5) is 4.80. The van der Waals surface area contributed by atoms with Crippen molar-refractivity contribution in [1.82, 2.24) is 4.57 Å². The number of fused-ring (bicyclic) bond motifs is 9. The van der Waals surface area contributed by atoms with E-state index in [-0.39, 0.29) is 0 Å². The van der Waals surface area contributed by atoms with Gasteiger partial charge in [-0.15, -0.1) is 0 Å². The molecule has 248 valence electrons. The molecule has 2 N–H and O–H groups in total. The minimum Gasteiger partial charge on any atom is -0.399 e. The number of nitrogens with two attached hydrogens (primary N) is 1. The lowest BCUT2D eigenvalue weighted by atomic mass is 9.93. The molecule has 8 aromatic carbocycles. The van der Waals surface area contributed by atoms with Crippen molar-refractivity contribution in [3.63, 3.8) is 0 Å². The minimum atomic E-state index is 0.567. The van der Waals surface area contributed by atoms with Crippen LogP contribution in [0.1, 0.15) is 29.2 Å². The number of rotatable bonds is 5. The largest absolute Gasteiger partial charge is 0.399 e. The van der Waals surface area contributed by atoms with Gasteiger partial charge in [-0.1, -0.05) is 128 Å². The monoisotopic (exact) mass is 668 g/mol. The highest BCUT2D eigenvalue weighted by molar-refractivity contribution is 6.26. The predicted molar refractivity (Wildman–Crippen MR) is 220 cm³/mol. The van der Waals surface area contributed by atoms with Crippen molar-refractivity contribution in [3.05, 3.63) is 193 Å². The van der Waals surface area contributed by atoms with Crippen molar-refractivity contribution in [2.45, 2.75) is 13.5 Å². The van der Waals surface area contributed by atoms with Crippen LogP contribution in [0.3, 0.4) is 0 Å². The molecule has 0 aliphatic carbocycles. The predicted octanol–water partition coefficient (Wildman–Crippen LogP) is 11.7. The average Bonchev–Trinajstić information content (AvgIpc) is 3.54. The van der Waals surface area contributed by atoms with Gasteiger partial charge in [0.2, 0.25) is 0 Å². The molecule has 0 aliphatic heterocycles. The Morgan fingerprint density at radius 1 is 0.577 bits per heavy atom. The lowest BCUT2D eigenvalue weighted by molar-refractivity contribution is 1.06. The Kier molecular flexibility index (Phi) is 8.53. The highest BCUT2D eigenvalue weighted by Gasteiger charge is 2.12. The van der Waals surface area contributed by atoms with Crippen molar-refractivity contribution >= 4 is 65.5 Å². The van der Waals surface area contributed by atoms with Gasteiger partial charge in [0, 0.05) is 27.9 Å². The maximum Gasteiger partial charge on any atom is 0.0991 e. The number of benzene rings is 8. The molecule has 52 heavy (non-hydrogen) atoms. The van der Waals surface area contributed by atoms with Crippen molar-refractivity contribution in [1.29, 1.82) is 5.26 Å². The zero-order chi connectivity index (χ0) is 35.6. The van der Waals surface area contributed by atoms with Crippen LogP contribution in [0.15, 0.2) is 175 Å². The van der Waals surface area contributed by atoms with E-state index in [9.17, 15) is 0 Å². The molecule has 4 heteroatoms. The summed E-state index contributed by atoms with van der Waals surface area (Å²) < 4.78 is 2.27. The fraction of sp³-hybridized carbons (Fsp3) is 0.0417. The molecule has 9 rings (SSSR count). The van der Waals surface area contributed by atoms with Gasteiger partial charge in [-0.2, -0.15) is 5.26 Å². The molecular weight excluding hydrogens is 633 g/mol. The van der Waals surface area contributed by atoms with Crippen LogP contribution in [-0.2, 0) is 6.54 Å². The number of hydrogen-bond donors (Lipinski definition) is 1. The van der Waals surface area contributed by atoms with Crippen LogP contribution in [0.4, 0.5) is 0 Å². The number of aromatic nitrogens is 1. The van der Waals surface area contributed by atoms with Gasteiger partial charge in [-0.25, -0.2) is 0 Å². The van der Waals surface area contributed by atoms with E-state index in [1.807, 2.05) is 36.4 Å². The van der Waals surface area contributed by atoms with Crippen LogP contribution in [0.5, 0.6) is 0 Å². The minimum absolute atomic E-state index is 0.567. The summed E-state index contributed by atoms with van der Waals surface area (Å²) in [6.45, 7) is 6.46. The molecule has 1 aromatic heterocycles. The molecule has 4 nitrogen and oxygen atoms in total. The van der Waals surface area contributed by atoms with E-state index < -0.39 is 0 Å². The van der Waals surface area contributed by atoms with Crippen LogP contribution in [0.25, 0.3) is 65.5 Å². The third-order valence-corrected chi connectivity index (χ3v) is 9.77. The first kappa shape index (κ1) is 32.3. The standard InChI is InChI=1S/C28H20N2.C20H16N2/c1-19(30-18-21-8-6-7-20(15-21)17-29)22-13-14-27-25-11-3-2-9-23(25)24-10-4-5-12-26(24)28(27)16-22;1-14(21)15-7-6-8-16(13-15)22-19-11-4-2-9-17(19)18-10-3-5-12-20(18)22/h2-16H,18H2,1H3;2-13H,1,21H2. The Morgan fingerprint density at radius 3 is 1.71 bits per heavy atom. The summed E-state index contributed by atoms with van der Waals surface area (Å²) in [5.74, 6) is 0. The topological polar surface area (TPSA) is 67.1 Å². The van der Waals surface area contributed by atoms with Gasteiger partial charge in [0.05, 0.1) is 29.2 Å². The Morgan fingerprint density at radius 2 is 1.12 bits per heavy atom. The normalized spacial score (nSPS) is 11.5. The van der Waals surface area contributed by atoms with Crippen LogP contribution >= 0.6 is 0 Å². The first-order valence-electron chi connectivity index (χ1n) is 17.4. The highest BCUT2D eigenvalue weighted by Crippen LogP contribution is 2.36.